The first kappa shape index (κ1) is 17.5. The zero-order valence-electron chi connectivity index (χ0n) is 14.4. The molecule has 3 aromatic rings. The summed E-state index contributed by atoms with van der Waals surface area (Å²) in [4.78, 5) is 15.4. The van der Waals surface area contributed by atoms with E-state index < -0.39 is 5.97 Å². The molecule has 132 valence electrons. The first-order chi connectivity index (χ1) is 12.5. The van der Waals surface area contributed by atoms with Gasteiger partial charge in [0, 0.05) is 23.4 Å². The molecule has 26 heavy (non-hydrogen) atoms. The van der Waals surface area contributed by atoms with Crippen molar-refractivity contribution in [2.75, 3.05) is 0 Å². The number of carboxylic acid groups (broad SMARTS) is 1. The molecule has 0 saturated carbocycles. The zero-order chi connectivity index (χ0) is 18.7. The van der Waals surface area contributed by atoms with Gasteiger partial charge in [-0.25, -0.2) is 18.9 Å². The molecule has 6 heteroatoms. The van der Waals surface area contributed by atoms with Crippen molar-refractivity contribution in [1.29, 1.82) is 0 Å². The van der Waals surface area contributed by atoms with Crippen molar-refractivity contribution in [3.8, 4) is 17.1 Å². The largest absolute Gasteiger partial charge is 0.478 e. The maximum absolute atomic E-state index is 13.4. The standard InChI is InChI=1S/C20H18FN3O2/c1-13(2)19-16(10-11-18(25)26)20(14-6-8-15(21)9-7-14)24(23-19)17-5-3-4-12-22-17/h3-13H,1-2H3,(H,25,26)/b11-10+. The number of nitrogens with zero attached hydrogens (tertiary/aromatic N) is 3. The fourth-order valence-corrected chi connectivity index (χ4v) is 2.72. The Kier molecular flexibility index (Phi) is 4.93. The van der Waals surface area contributed by atoms with Crippen LogP contribution >= 0.6 is 0 Å². The smallest absolute Gasteiger partial charge is 0.328 e. The van der Waals surface area contributed by atoms with Gasteiger partial charge in [0.1, 0.15) is 5.82 Å². The summed E-state index contributed by atoms with van der Waals surface area (Å²) in [6.07, 6.45) is 4.27. The molecular weight excluding hydrogens is 333 g/mol. The molecule has 0 aliphatic rings. The van der Waals surface area contributed by atoms with E-state index in [0.717, 1.165) is 17.3 Å². The molecule has 0 amide bonds. The number of hydrogen-bond acceptors (Lipinski definition) is 3. The lowest BCUT2D eigenvalue weighted by atomic mass is 9.99. The van der Waals surface area contributed by atoms with Gasteiger partial charge in [-0.1, -0.05) is 19.9 Å². The molecule has 0 spiro atoms. The molecule has 0 aliphatic carbocycles. The summed E-state index contributed by atoms with van der Waals surface area (Å²) < 4.78 is 15.1. The van der Waals surface area contributed by atoms with Crippen LogP contribution in [0.15, 0.2) is 54.7 Å². The monoisotopic (exact) mass is 351 g/mol. The Morgan fingerprint density at radius 2 is 1.92 bits per heavy atom. The second kappa shape index (κ2) is 7.31. The highest BCUT2D eigenvalue weighted by atomic mass is 19.1. The van der Waals surface area contributed by atoms with Gasteiger partial charge >= 0.3 is 5.97 Å². The van der Waals surface area contributed by atoms with Crippen LogP contribution < -0.4 is 0 Å². The summed E-state index contributed by atoms with van der Waals surface area (Å²) in [5.41, 5.74) is 2.82. The van der Waals surface area contributed by atoms with Crippen LogP contribution in [-0.4, -0.2) is 25.8 Å². The van der Waals surface area contributed by atoms with Crippen LogP contribution in [0.25, 0.3) is 23.2 Å². The van der Waals surface area contributed by atoms with Crippen molar-refractivity contribution in [3.63, 3.8) is 0 Å². The number of carboxylic acids is 1. The van der Waals surface area contributed by atoms with Gasteiger partial charge in [-0.2, -0.15) is 5.10 Å². The van der Waals surface area contributed by atoms with Gasteiger partial charge in [-0.05, 0) is 48.4 Å². The Morgan fingerprint density at radius 3 is 2.50 bits per heavy atom. The van der Waals surface area contributed by atoms with E-state index >= 15 is 0 Å². The molecule has 0 saturated heterocycles. The predicted molar refractivity (Wildman–Crippen MR) is 97.5 cm³/mol. The third kappa shape index (κ3) is 3.54. The third-order valence-electron chi connectivity index (χ3n) is 3.87. The first-order valence-corrected chi connectivity index (χ1v) is 8.18. The van der Waals surface area contributed by atoms with Crippen molar-refractivity contribution in [2.45, 2.75) is 19.8 Å². The van der Waals surface area contributed by atoms with Gasteiger partial charge in [0.15, 0.2) is 5.82 Å². The fraction of sp³-hybridized carbons (Fsp3) is 0.150. The minimum Gasteiger partial charge on any atom is -0.478 e. The van der Waals surface area contributed by atoms with Crippen LogP contribution in [-0.2, 0) is 4.79 Å². The molecule has 0 radical (unpaired) electrons. The number of halogens is 1. The molecule has 1 aromatic carbocycles. The van der Waals surface area contributed by atoms with E-state index in [1.54, 1.807) is 29.1 Å². The molecule has 0 bridgehead atoms. The maximum Gasteiger partial charge on any atom is 0.328 e. The highest BCUT2D eigenvalue weighted by Gasteiger charge is 2.21. The molecule has 0 unspecified atom stereocenters. The molecule has 3 rings (SSSR count). The van der Waals surface area contributed by atoms with Crippen molar-refractivity contribution in [2.24, 2.45) is 0 Å². The average Bonchev–Trinajstić information content (AvgIpc) is 3.01. The number of rotatable bonds is 5. The molecular formula is C20H18FN3O2. The summed E-state index contributed by atoms with van der Waals surface area (Å²) in [7, 11) is 0. The Hall–Kier alpha value is -3.28. The minimum atomic E-state index is -1.05. The highest BCUT2D eigenvalue weighted by molar-refractivity contribution is 5.88. The SMILES string of the molecule is CC(C)c1nn(-c2ccccn2)c(-c2ccc(F)cc2)c1/C=C/C(=O)O. The lowest BCUT2D eigenvalue weighted by Crippen LogP contribution is -2.02. The summed E-state index contributed by atoms with van der Waals surface area (Å²) in [5, 5.41) is 13.7. The Labute approximate surface area is 150 Å². The van der Waals surface area contributed by atoms with E-state index in [9.17, 15) is 9.18 Å². The molecule has 2 aromatic heterocycles. The summed E-state index contributed by atoms with van der Waals surface area (Å²) >= 11 is 0. The lowest BCUT2D eigenvalue weighted by molar-refractivity contribution is -0.131. The van der Waals surface area contributed by atoms with Crippen molar-refractivity contribution < 1.29 is 14.3 Å². The van der Waals surface area contributed by atoms with Crippen LogP contribution in [0.4, 0.5) is 4.39 Å². The van der Waals surface area contributed by atoms with Gasteiger partial charge in [-0.15, -0.1) is 0 Å². The molecule has 1 N–H and O–H groups in total. The normalized spacial score (nSPS) is 11.4. The average molecular weight is 351 g/mol. The van der Waals surface area contributed by atoms with E-state index in [4.69, 9.17) is 5.11 Å². The molecule has 2 heterocycles. The summed E-state index contributed by atoms with van der Waals surface area (Å²) in [6.45, 7) is 3.97. The number of pyridine rings is 1. The Balaban J connectivity index is 2.32. The Bertz CT molecular complexity index is 945. The minimum absolute atomic E-state index is 0.0626. The number of aliphatic carboxylic acids is 1. The van der Waals surface area contributed by atoms with Crippen LogP contribution in [0.3, 0.4) is 0 Å². The topological polar surface area (TPSA) is 68.0 Å². The van der Waals surface area contributed by atoms with E-state index in [1.807, 2.05) is 26.0 Å². The predicted octanol–water partition coefficient (Wildman–Crippen LogP) is 4.29. The number of carbonyl (C=O) groups is 1. The molecule has 0 fully saturated rings. The van der Waals surface area contributed by atoms with Crippen molar-refractivity contribution in [3.05, 3.63) is 71.8 Å². The highest BCUT2D eigenvalue weighted by Crippen LogP contribution is 2.33. The number of aromatic nitrogens is 3. The van der Waals surface area contributed by atoms with E-state index in [2.05, 4.69) is 10.1 Å². The van der Waals surface area contributed by atoms with Gasteiger partial charge < -0.3 is 5.11 Å². The second-order valence-electron chi connectivity index (χ2n) is 6.08. The van der Waals surface area contributed by atoms with Crippen LogP contribution in [0, 0.1) is 5.82 Å². The van der Waals surface area contributed by atoms with Crippen LogP contribution in [0.5, 0.6) is 0 Å². The van der Waals surface area contributed by atoms with Gasteiger partial charge in [-0.3, -0.25) is 0 Å². The van der Waals surface area contributed by atoms with E-state index in [0.29, 0.717) is 17.1 Å². The van der Waals surface area contributed by atoms with Crippen molar-refractivity contribution in [1.82, 2.24) is 14.8 Å². The van der Waals surface area contributed by atoms with Crippen molar-refractivity contribution >= 4 is 12.0 Å². The molecule has 0 aliphatic heterocycles. The number of benzene rings is 1. The van der Waals surface area contributed by atoms with E-state index in [-0.39, 0.29) is 11.7 Å². The zero-order valence-corrected chi connectivity index (χ0v) is 14.4. The van der Waals surface area contributed by atoms with Gasteiger partial charge in [0.2, 0.25) is 0 Å². The third-order valence-corrected chi connectivity index (χ3v) is 3.87. The quantitative estimate of drug-likeness (QED) is 0.696. The molecule has 5 nitrogen and oxygen atoms in total. The van der Waals surface area contributed by atoms with Gasteiger partial charge in [0.25, 0.3) is 0 Å². The second-order valence-corrected chi connectivity index (χ2v) is 6.08. The van der Waals surface area contributed by atoms with Gasteiger partial charge in [0.05, 0.1) is 11.4 Å². The van der Waals surface area contributed by atoms with Crippen LogP contribution in [0.1, 0.15) is 31.0 Å². The number of hydrogen-bond donors (Lipinski definition) is 1. The fourth-order valence-electron chi connectivity index (χ4n) is 2.72. The maximum atomic E-state index is 13.4. The summed E-state index contributed by atoms with van der Waals surface area (Å²) in [6, 6.07) is 11.5. The van der Waals surface area contributed by atoms with Crippen LogP contribution in [0.2, 0.25) is 0 Å². The Morgan fingerprint density at radius 1 is 1.19 bits per heavy atom. The molecule has 0 atom stereocenters. The first-order valence-electron chi connectivity index (χ1n) is 8.18. The summed E-state index contributed by atoms with van der Waals surface area (Å²) in [5.74, 6) is -0.726. The lowest BCUT2D eigenvalue weighted by Gasteiger charge is -2.08. The van der Waals surface area contributed by atoms with E-state index in [1.165, 1.54) is 18.2 Å².